The van der Waals surface area contributed by atoms with Gasteiger partial charge in [0.1, 0.15) is 0 Å². The van der Waals surface area contributed by atoms with Crippen LogP contribution in [-0.2, 0) is 0 Å². The van der Waals surface area contributed by atoms with Gasteiger partial charge in [-0.1, -0.05) is 12.2 Å². The quantitative estimate of drug-likeness (QED) is 0.443. The zero-order valence-corrected chi connectivity index (χ0v) is 6.03. The minimum atomic E-state index is 1.04. The van der Waals surface area contributed by atoms with Crippen molar-refractivity contribution in [1.29, 1.82) is 0 Å². The molecule has 0 N–H and O–H groups in total. The van der Waals surface area contributed by atoms with Gasteiger partial charge in [0.25, 0.3) is 0 Å². The summed E-state index contributed by atoms with van der Waals surface area (Å²) in [6.45, 7) is 0. The lowest BCUT2D eigenvalue weighted by Crippen LogP contribution is -2.32. The average molecular weight is 132 g/mol. The maximum Gasteiger partial charge on any atom is -0.0194 e. The van der Waals surface area contributed by atoms with Crippen LogP contribution < -0.4 is 0 Å². The third-order valence-electron chi connectivity index (χ3n) is 4.46. The van der Waals surface area contributed by atoms with Gasteiger partial charge in [-0.25, -0.2) is 0 Å². The molecule has 52 valence electrons. The van der Waals surface area contributed by atoms with Crippen molar-refractivity contribution in [3.63, 3.8) is 0 Å². The van der Waals surface area contributed by atoms with E-state index in [1.54, 1.807) is 6.42 Å². The predicted octanol–water partition coefficient (Wildman–Crippen LogP) is 2.07. The second-order valence-corrected chi connectivity index (χ2v) is 4.67. The molecule has 0 heteroatoms. The Labute approximate surface area is 61.3 Å². The largest absolute Gasteiger partial charge is 0.0848 e. The Balaban J connectivity index is 1.87. The number of rotatable bonds is 0. The Morgan fingerprint density at radius 1 is 0.800 bits per heavy atom. The minimum Gasteiger partial charge on any atom is -0.0848 e. The molecule has 0 heterocycles. The van der Waals surface area contributed by atoms with E-state index in [0.29, 0.717) is 0 Å². The van der Waals surface area contributed by atoms with E-state index < -0.39 is 0 Å². The molecule has 4 rings (SSSR count). The van der Waals surface area contributed by atoms with Gasteiger partial charge in [0.2, 0.25) is 0 Å². The molecule has 0 aromatic heterocycles. The van der Waals surface area contributed by atoms with Crippen LogP contribution in [0, 0.1) is 35.5 Å². The lowest BCUT2D eigenvalue weighted by atomic mass is 9.68. The standard InChI is InChI=1S/C10H12/c1-2-6-3-5(1)9-7-4-8(7)10(6)9/h1-2,5-10H,3-4H2/t5-,6+,7?,8?,9?,10?. The Bertz CT molecular complexity index is 206. The number of hydrogen-bond donors (Lipinski definition) is 0. The summed E-state index contributed by atoms with van der Waals surface area (Å²) in [6.07, 6.45) is 8.13. The summed E-state index contributed by atoms with van der Waals surface area (Å²) in [6, 6.07) is 0. The van der Waals surface area contributed by atoms with Crippen LogP contribution in [-0.4, -0.2) is 0 Å². The summed E-state index contributed by atoms with van der Waals surface area (Å²) >= 11 is 0. The molecule has 6 atom stereocenters. The van der Waals surface area contributed by atoms with Gasteiger partial charge < -0.3 is 0 Å². The van der Waals surface area contributed by atoms with Crippen LogP contribution in [0.3, 0.4) is 0 Å². The zero-order chi connectivity index (χ0) is 6.29. The summed E-state index contributed by atoms with van der Waals surface area (Å²) in [5.74, 6) is 6.87. The Morgan fingerprint density at radius 3 is 2.00 bits per heavy atom. The van der Waals surface area contributed by atoms with E-state index in [2.05, 4.69) is 12.2 Å². The van der Waals surface area contributed by atoms with E-state index in [0.717, 1.165) is 11.8 Å². The van der Waals surface area contributed by atoms with Crippen LogP contribution in [0.15, 0.2) is 12.2 Å². The Morgan fingerprint density at radius 2 is 1.40 bits per heavy atom. The third-order valence-corrected chi connectivity index (χ3v) is 4.46. The fourth-order valence-electron chi connectivity index (χ4n) is 4.08. The lowest BCUT2D eigenvalue weighted by Gasteiger charge is -2.36. The van der Waals surface area contributed by atoms with Crippen LogP contribution in [0.25, 0.3) is 0 Å². The second kappa shape index (κ2) is 1.11. The van der Waals surface area contributed by atoms with Gasteiger partial charge in [0, 0.05) is 0 Å². The molecule has 0 saturated heterocycles. The molecule has 0 aliphatic heterocycles. The summed E-state index contributed by atoms with van der Waals surface area (Å²) in [5.41, 5.74) is 0. The highest BCUT2D eigenvalue weighted by Gasteiger charge is 2.68. The summed E-state index contributed by atoms with van der Waals surface area (Å²) < 4.78 is 0. The van der Waals surface area contributed by atoms with Crippen LogP contribution in [0.2, 0.25) is 0 Å². The van der Waals surface area contributed by atoms with Crippen molar-refractivity contribution in [2.24, 2.45) is 35.5 Å². The number of allylic oxidation sites excluding steroid dienone is 2. The molecule has 0 amide bonds. The number of hydrogen-bond acceptors (Lipinski definition) is 0. The van der Waals surface area contributed by atoms with Crippen molar-refractivity contribution in [3.05, 3.63) is 12.2 Å². The van der Waals surface area contributed by atoms with Gasteiger partial charge in [-0.3, -0.25) is 0 Å². The van der Waals surface area contributed by atoms with Crippen molar-refractivity contribution >= 4 is 0 Å². The van der Waals surface area contributed by atoms with Crippen LogP contribution in [0.1, 0.15) is 12.8 Å². The molecule has 2 bridgehead atoms. The maximum atomic E-state index is 2.50. The minimum absolute atomic E-state index is 1.04. The molecule has 0 radical (unpaired) electrons. The topological polar surface area (TPSA) is 0 Å². The molecule has 4 aliphatic rings. The molecule has 3 fully saturated rings. The monoisotopic (exact) mass is 132 g/mol. The second-order valence-electron chi connectivity index (χ2n) is 4.67. The number of fused-ring (bicyclic) bond motifs is 8. The lowest BCUT2D eigenvalue weighted by molar-refractivity contribution is 0.140. The van der Waals surface area contributed by atoms with Crippen molar-refractivity contribution in [3.8, 4) is 0 Å². The Kier molecular flexibility index (Phi) is 0.508. The smallest absolute Gasteiger partial charge is 0.0194 e. The summed E-state index contributed by atoms with van der Waals surface area (Å²) in [7, 11) is 0. The third kappa shape index (κ3) is 0.291. The van der Waals surface area contributed by atoms with Gasteiger partial charge in [0.05, 0.1) is 0 Å². The molecule has 0 spiro atoms. The van der Waals surface area contributed by atoms with Crippen molar-refractivity contribution in [2.75, 3.05) is 0 Å². The molecular weight excluding hydrogens is 120 g/mol. The predicted molar refractivity (Wildman–Crippen MR) is 39.3 cm³/mol. The molecule has 0 aromatic rings. The molecule has 4 aliphatic carbocycles. The van der Waals surface area contributed by atoms with E-state index in [1.165, 1.54) is 30.1 Å². The van der Waals surface area contributed by atoms with Gasteiger partial charge >= 0.3 is 0 Å². The van der Waals surface area contributed by atoms with Crippen LogP contribution >= 0.6 is 0 Å². The fraction of sp³-hybridized carbons (Fsp3) is 0.800. The first kappa shape index (κ1) is 4.58. The molecule has 3 saturated carbocycles. The average Bonchev–Trinajstić information content (AvgIpc) is 2.38. The first-order chi connectivity index (χ1) is 4.95. The molecule has 0 nitrogen and oxygen atoms in total. The molecule has 10 heavy (non-hydrogen) atoms. The highest BCUT2D eigenvalue weighted by Crippen LogP contribution is 2.74. The normalized spacial score (nSPS) is 72.8. The summed E-state index contributed by atoms with van der Waals surface area (Å²) in [4.78, 5) is 0. The highest BCUT2D eigenvalue weighted by atomic mass is 14.7. The summed E-state index contributed by atoms with van der Waals surface area (Å²) in [5, 5.41) is 0. The van der Waals surface area contributed by atoms with Gasteiger partial charge in [-0.2, -0.15) is 0 Å². The Hall–Kier alpha value is -0.260. The van der Waals surface area contributed by atoms with E-state index in [4.69, 9.17) is 0 Å². The van der Waals surface area contributed by atoms with E-state index in [-0.39, 0.29) is 0 Å². The first-order valence-electron chi connectivity index (χ1n) is 4.63. The SMILES string of the molecule is C1=C[C@H]2C[C@@H]1C1C3CC3C12. The molecular formula is C10H12. The van der Waals surface area contributed by atoms with E-state index in [1.807, 2.05) is 0 Å². The van der Waals surface area contributed by atoms with E-state index >= 15 is 0 Å². The van der Waals surface area contributed by atoms with Gasteiger partial charge in [-0.05, 0) is 48.3 Å². The molecule has 4 unspecified atom stereocenters. The zero-order valence-electron chi connectivity index (χ0n) is 6.03. The van der Waals surface area contributed by atoms with Gasteiger partial charge in [0.15, 0.2) is 0 Å². The van der Waals surface area contributed by atoms with Crippen LogP contribution in [0.5, 0.6) is 0 Å². The molecule has 0 aromatic carbocycles. The highest BCUT2D eigenvalue weighted by molar-refractivity contribution is 5.26. The van der Waals surface area contributed by atoms with Crippen molar-refractivity contribution in [1.82, 2.24) is 0 Å². The van der Waals surface area contributed by atoms with E-state index in [9.17, 15) is 0 Å². The van der Waals surface area contributed by atoms with Gasteiger partial charge in [-0.15, -0.1) is 0 Å². The van der Waals surface area contributed by atoms with Crippen molar-refractivity contribution in [2.45, 2.75) is 12.8 Å². The fourth-order valence-corrected chi connectivity index (χ4v) is 4.08. The van der Waals surface area contributed by atoms with Crippen LogP contribution in [0.4, 0.5) is 0 Å². The first-order valence-corrected chi connectivity index (χ1v) is 4.63. The maximum absolute atomic E-state index is 2.50. The van der Waals surface area contributed by atoms with Crippen molar-refractivity contribution < 1.29 is 0 Å².